The lowest BCUT2D eigenvalue weighted by molar-refractivity contribution is 0.0663. The van der Waals surface area contributed by atoms with Crippen molar-refractivity contribution < 1.29 is 14.3 Å². The van der Waals surface area contributed by atoms with Gasteiger partial charge in [0, 0.05) is 24.2 Å². The molecule has 2 fully saturated rings. The summed E-state index contributed by atoms with van der Waals surface area (Å²) in [7, 11) is 2.18. The van der Waals surface area contributed by atoms with E-state index in [2.05, 4.69) is 16.8 Å². The molecule has 4 rings (SSSR count). The fourth-order valence-electron chi connectivity index (χ4n) is 4.21. The van der Waals surface area contributed by atoms with Gasteiger partial charge in [0.15, 0.2) is 11.5 Å². The smallest absolute Gasteiger partial charge is 0.254 e. The maximum Gasteiger partial charge on any atom is 0.254 e. The Kier molecular flexibility index (Phi) is 3.89. The topological polar surface area (TPSA) is 42.0 Å². The molecule has 1 aromatic rings. The van der Waals surface area contributed by atoms with Gasteiger partial charge in [0.25, 0.3) is 5.91 Å². The van der Waals surface area contributed by atoms with Gasteiger partial charge in [-0.05, 0) is 57.5 Å². The first-order chi connectivity index (χ1) is 11.2. The molecular weight excluding hydrogens is 292 g/mol. The SMILES string of the molecule is CN1CCC[C@@H]1[C@H]1CCCN1C(=O)c1ccc2c(c1)OCCO2. The Balaban J connectivity index is 1.55. The molecular formula is C18H24N2O3. The number of carbonyl (C=O) groups is 1. The van der Waals surface area contributed by atoms with E-state index < -0.39 is 0 Å². The molecule has 2 saturated heterocycles. The van der Waals surface area contributed by atoms with Crippen molar-refractivity contribution >= 4 is 5.91 Å². The molecule has 1 aromatic carbocycles. The van der Waals surface area contributed by atoms with Crippen LogP contribution in [0.25, 0.3) is 0 Å². The fourth-order valence-corrected chi connectivity index (χ4v) is 4.21. The van der Waals surface area contributed by atoms with Gasteiger partial charge in [-0.15, -0.1) is 0 Å². The normalized spacial score (nSPS) is 27.4. The van der Waals surface area contributed by atoms with E-state index in [4.69, 9.17) is 9.47 Å². The molecule has 0 aliphatic carbocycles. The number of likely N-dealkylation sites (tertiary alicyclic amines) is 2. The van der Waals surface area contributed by atoms with Gasteiger partial charge in [0.05, 0.1) is 0 Å². The van der Waals surface area contributed by atoms with Crippen molar-refractivity contribution in [3.05, 3.63) is 23.8 Å². The van der Waals surface area contributed by atoms with Crippen LogP contribution in [0, 0.1) is 0 Å². The lowest BCUT2D eigenvalue weighted by Gasteiger charge is -2.33. The zero-order chi connectivity index (χ0) is 15.8. The molecule has 5 nitrogen and oxygen atoms in total. The van der Waals surface area contributed by atoms with Gasteiger partial charge in [0.2, 0.25) is 0 Å². The number of amides is 1. The first-order valence-corrected chi connectivity index (χ1v) is 8.65. The number of carbonyl (C=O) groups excluding carboxylic acids is 1. The lowest BCUT2D eigenvalue weighted by atomic mass is 10.0. The minimum Gasteiger partial charge on any atom is -0.486 e. The van der Waals surface area contributed by atoms with E-state index in [1.807, 2.05) is 18.2 Å². The Bertz CT molecular complexity index is 604. The molecule has 3 heterocycles. The Morgan fingerprint density at radius 1 is 1.04 bits per heavy atom. The van der Waals surface area contributed by atoms with Crippen molar-refractivity contribution in [1.29, 1.82) is 0 Å². The highest BCUT2D eigenvalue weighted by Crippen LogP contribution is 2.33. The minimum atomic E-state index is 0.129. The Morgan fingerprint density at radius 2 is 1.78 bits per heavy atom. The largest absolute Gasteiger partial charge is 0.486 e. The van der Waals surface area contributed by atoms with Crippen LogP contribution >= 0.6 is 0 Å². The molecule has 2 atom stereocenters. The van der Waals surface area contributed by atoms with Gasteiger partial charge >= 0.3 is 0 Å². The van der Waals surface area contributed by atoms with Crippen LogP contribution in [0.15, 0.2) is 18.2 Å². The second-order valence-corrected chi connectivity index (χ2v) is 6.76. The van der Waals surface area contributed by atoms with Crippen LogP contribution in [0.4, 0.5) is 0 Å². The van der Waals surface area contributed by atoms with Crippen LogP contribution in [0.5, 0.6) is 11.5 Å². The average Bonchev–Trinajstić information content (AvgIpc) is 3.22. The summed E-state index contributed by atoms with van der Waals surface area (Å²) in [6, 6.07) is 6.42. The van der Waals surface area contributed by atoms with Crippen molar-refractivity contribution in [3.63, 3.8) is 0 Å². The van der Waals surface area contributed by atoms with E-state index >= 15 is 0 Å². The highest BCUT2D eigenvalue weighted by atomic mass is 16.6. The maximum atomic E-state index is 13.0. The molecule has 5 heteroatoms. The third-order valence-electron chi connectivity index (χ3n) is 5.37. The van der Waals surface area contributed by atoms with Gasteiger partial charge in [-0.25, -0.2) is 0 Å². The quantitative estimate of drug-likeness (QED) is 0.838. The molecule has 0 bridgehead atoms. The summed E-state index contributed by atoms with van der Waals surface area (Å²) in [5.41, 5.74) is 0.710. The summed E-state index contributed by atoms with van der Waals surface area (Å²) >= 11 is 0. The van der Waals surface area contributed by atoms with Crippen molar-refractivity contribution in [2.45, 2.75) is 37.8 Å². The van der Waals surface area contributed by atoms with E-state index in [0.717, 1.165) is 31.7 Å². The highest BCUT2D eigenvalue weighted by Gasteiger charge is 2.38. The Morgan fingerprint density at radius 3 is 2.57 bits per heavy atom. The zero-order valence-electron chi connectivity index (χ0n) is 13.7. The lowest BCUT2D eigenvalue weighted by Crippen LogP contribution is -2.47. The summed E-state index contributed by atoms with van der Waals surface area (Å²) in [6.45, 7) is 3.13. The van der Waals surface area contributed by atoms with E-state index in [1.165, 1.54) is 12.8 Å². The third kappa shape index (κ3) is 2.67. The molecule has 23 heavy (non-hydrogen) atoms. The molecule has 124 valence electrons. The molecule has 0 saturated carbocycles. The van der Waals surface area contributed by atoms with Gasteiger partial charge in [-0.2, -0.15) is 0 Å². The molecule has 3 aliphatic heterocycles. The van der Waals surface area contributed by atoms with Crippen molar-refractivity contribution in [2.75, 3.05) is 33.4 Å². The highest BCUT2D eigenvalue weighted by molar-refractivity contribution is 5.95. The zero-order valence-corrected chi connectivity index (χ0v) is 13.7. The van der Waals surface area contributed by atoms with E-state index in [-0.39, 0.29) is 5.91 Å². The van der Waals surface area contributed by atoms with Crippen molar-refractivity contribution in [3.8, 4) is 11.5 Å². The first-order valence-electron chi connectivity index (χ1n) is 8.65. The minimum absolute atomic E-state index is 0.129. The molecule has 0 spiro atoms. The van der Waals surface area contributed by atoms with Gasteiger partial charge < -0.3 is 19.3 Å². The average molecular weight is 316 g/mol. The van der Waals surface area contributed by atoms with Crippen molar-refractivity contribution in [1.82, 2.24) is 9.80 Å². The maximum absolute atomic E-state index is 13.0. The number of fused-ring (bicyclic) bond motifs is 1. The van der Waals surface area contributed by atoms with E-state index in [0.29, 0.717) is 36.6 Å². The second kappa shape index (κ2) is 6.04. The summed E-state index contributed by atoms with van der Waals surface area (Å²) in [5.74, 6) is 1.56. The molecule has 1 amide bonds. The van der Waals surface area contributed by atoms with Crippen LogP contribution in [0.1, 0.15) is 36.0 Å². The van der Waals surface area contributed by atoms with Crippen LogP contribution < -0.4 is 9.47 Å². The van der Waals surface area contributed by atoms with Gasteiger partial charge in [0.1, 0.15) is 13.2 Å². The molecule has 0 N–H and O–H groups in total. The van der Waals surface area contributed by atoms with Gasteiger partial charge in [-0.1, -0.05) is 0 Å². The van der Waals surface area contributed by atoms with Crippen molar-refractivity contribution in [2.24, 2.45) is 0 Å². The molecule has 0 aromatic heterocycles. The first kappa shape index (κ1) is 14.8. The van der Waals surface area contributed by atoms with Crippen LogP contribution in [-0.4, -0.2) is 61.1 Å². The van der Waals surface area contributed by atoms with E-state index in [1.54, 1.807) is 0 Å². The summed E-state index contributed by atoms with van der Waals surface area (Å²) < 4.78 is 11.2. The van der Waals surface area contributed by atoms with Crippen LogP contribution in [0.3, 0.4) is 0 Å². The van der Waals surface area contributed by atoms with E-state index in [9.17, 15) is 4.79 Å². The number of ether oxygens (including phenoxy) is 2. The second-order valence-electron chi connectivity index (χ2n) is 6.76. The summed E-state index contributed by atoms with van der Waals surface area (Å²) in [5, 5.41) is 0. The number of hydrogen-bond acceptors (Lipinski definition) is 4. The number of rotatable bonds is 2. The summed E-state index contributed by atoms with van der Waals surface area (Å²) in [6.07, 6.45) is 4.66. The Labute approximate surface area is 137 Å². The number of benzene rings is 1. The number of likely N-dealkylation sites (N-methyl/N-ethyl adjacent to an activating group) is 1. The molecule has 3 aliphatic rings. The molecule has 0 radical (unpaired) electrons. The Hall–Kier alpha value is -1.75. The standard InChI is InChI=1S/C18H24N2O3/c1-19-8-2-4-14(19)15-5-3-9-20(15)18(21)13-6-7-16-17(12-13)23-11-10-22-16/h6-7,12,14-15H,2-5,8-11H2,1H3/t14-,15-/m1/s1. The third-order valence-corrected chi connectivity index (χ3v) is 5.37. The number of hydrogen-bond donors (Lipinski definition) is 0. The number of nitrogens with zero attached hydrogens (tertiary/aromatic N) is 2. The molecule has 0 unspecified atom stereocenters. The van der Waals surface area contributed by atoms with Crippen LogP contribution in [-0.2, 0) is 0 Å². The monoisotopic (exact) mass is 316 g/mol. The predicted octanol–water partition coefficient (Wildman–Crippen LogP) is 2.16. The predicted molar refractivity (Wildman–Crippen MR) is 87.1 cm³/mol. The van der Waals surface area contributed by atoms with Gasteiger partial charge in [-0.3, -0.25) is 4.79 Å². The fraction of sp³-hybridized carbons (Fsp3) is 0.611. The van der Waals surface area contributed by atoms with Crippen LogP contribution in [0.2, 0.25) is 0 Å². The summed E-state index contributed by atoms with van der Waals surface area (Å²) in [4.78, 5) is 17.5.